The molecular formula is C23H22N6O2. The van der Waals surface area contributed by atoms with E-state index in [0.29, 0.717) is 11.4 Å². The number of anilines is 1. The summed E-state index contributed by atoms with van der Waals surface area (Å²) in [5.74, 6) is -0.282. The van der Waals surface area contributed by atoms with Crippen LogP contribution in [0.25, 0.3) is 22.0 Å². The van der Waals surface area contributed by atoms with Crippen molar-refractivity contribution in [3.63, 3.8) is 0 Å². The second-order valence-electron chi connectivity index (χ2n) is 7.50. The molecule has 0 aliphatic carbocycles. The second kappa shape index (κ2) is 8.63. The Morgan fingerprint density at radius 1 is 1.06 bits per heavy atom. The molecule has 4 aromatic rings. The number of aromatic amines is 1. The highest BCUT2D eigenvalue weighted by atomic mass is 16.5. The molecule has 4 heterocycles. The fraction of sp³-hybridized carbons (Fsp3) is 0.217. The zero-order valence-electron chi connectivity index (χ0n) is 16.9. The summed E-state index contributed by atoms with van der Waals surface area (Å²) in [4.78, 5) is 23.6. The van der Waals surface area contributed by atoms with Gasteiger partial charge in [0, 0.05) is 49.2 Å². The maximum Gasteiger partial charge on any atom is 0.276 e. The summed E-state index contributed by atoms with van der Waals surface area (Å²) in [6.45, 7) is 4.25. The quantitative estimate of drug-likeness (QED) is 0.521. The van der Waals surface area contributed by atoms with Gasteiger partial charge in [0.25, 0.3) is 5.91 Å². The number of pyridine rings is 2. The van der Waals surface area contributed by atoms with Crippen LogP contribution >= 0.6 is 0 Å². The molecule has 2 N–H and O–H groups in total. The number of carbonyl (C=O) groups excluding carboxylic acids is 1. The normalized spacial score (nSPS) is 14.6. The third-order valence-corrected chi connectivity index (χ3v) is 5.34. The van der Waals surface area contributed by atoms with Gasteiger partial charge in [0.05, 0.1) is 30.6 Å². The van der Waals surface area contributed by atoms with E-state index in [2.05, 4.69) is 36.4 Å². The third kappa shape index (κ3) is 4.30. The lowest BCUT2D eigenvalue weighted by Gasteiger charge is -2.26. The molecule has 0 bridgehead atoms. The van der Waals surface area contributed by atoms with Crippen LogP contribution in [0, 0.1) is 0 Å². The summed E-state index contributed by atoms with van der Waals surface area (Å²) < 4.78 is 5.43. The Labute approximate surface area is 179 Å². The minimum atomic E-state index is -0.282. The van der Waals surface area contributed by atoms with E-state index in [1.54, 1.807) is 24.5 Å². The first-order chi connectivity index (χ1) is 15.3. The van der Waals surface area contributed by atoms with E-state index >= 15 is 0 Å². The number of amides is 1. The Morgan fingerprint density at radius 2 is 1.97 bits per heavy atom. The van der Waals surface area contributed by atoms with Crippen molar-refractivity contribution in [3.05, 3.63) is 72.4 Å². The van der Waals surface area contributed by atoms with E-state index < -0.39 is 0 Å². The van der Waals surface area contributed by atoms with Crippen molar-refractivity contribution in [1.29, 1.82) is 0 Å². The number of morpholine rings is 1. The molecule has 0 spiro atoms. The lowest BCUT2D eigenvalue weighted by molar-refractivity contribution is 0.0341. The fourth-order valence-electron chi connectivity index (χ4n) is 3.74. The average Bonchev–Trinajstić information content (AvgIpc) is 3.24. The minimum Gasteiger partial charge on any atom is -0.379 e. The van der Waals surface area contributed by atoms with Gasteiger partial charge in [-0.3, -0.25) is 24.8 Å². The first kappa shape index (κ1) is 19.3. The van der Waals surface area contributed by atoms with Gasteiger partial charge in [-0.05, 0) is 41.5 Å². The Morgan fingerprint density at radius 3 is 2.81 bits per heavy atom. The molecule has 0 saturated carbocycles. The van der Waals surface area contributed by atoms with Gasteiger partial charge in [-0.1, -0.05) is 6.07 Å². The van der Waals surface area contributed by atoms with Crippen LogP contribution in [0.5, 0.6) is 0 Å². The molecule has 1 aliphatic heterocycles. The number of nitrogens with one attached hydrogen (secondary N) is 2. The number of fused-ring (bicyclic) bond motifs is 1. The topological polar surface area (TPSA) is 96.0 Å². The zero-order chi connectivity index (χ0) is 21.0. The molecule has 8 heteroatoms. The van der Waals surface area contributed by atoms with Crippen LogP contribution in [0.1, 0.15) is 16.1 Å². The number of rotatable bonds is 5. The van der Waals surface area contributed by atoms with Crippen molar-refractivity contribution < 1.29 is 9.53 Å². The lowest BCUT2D eigenvalue weighted by Crippen LogP contribution is -2.35. The van der Waals surface area contributed by atoms with Crippen LogP contribution in [-0.4, -0.2) is 57.3 Å². The van der Waals surface area contributed by atoms with Gasteiger partial charge in [-0.2, -0.15) is 5.10 Å². The molecular weight excluding hydrogens is 392 g/mol. The molecule has 3 aromatic heterocycles. The fourth-order valence-corrected chi connectivity index (χ4v) is 3.74. The standard InChI is InChI=1S/C23H22N6O2/c30-23(26-19-2-1-5-24-14-19)22-20-11-17(3-4-21(20)27-28-22)18-10-16(12-25-13-18)15-29-6-8-31-9-7-29/h1-5,10-14H,6-9,15H2,(H,26,30)(H,27,28). The highest BCUT2D eigenvalue weighted by molar-refractivity contribution is 6.11. The predicted octanol–water partition coefficient (Wildman–Crippen LogP) is 3.10. The SMILES string of the molecule is O=C(Nc1cccnc1)c1n[nH]c2ccc(-c3cncc(CN4CCOCC4)c3)cc12. The van der Waals surface area contributed by atoms with Gasteiger partial charge in [0.2, 0.25) is 0 Å². The number of hydrogen-bond donors (Lipinski definition) is 2. The van der Waals surface area contributed by atoms with Crippen LogP contribution in [0.3, 0.4) is 0 Å². The molecule has 1 amide bonds. The van der Waals surface area contributed by atoms with Gasteiger partial charge in [0.1, 0.15) is 0 Å². The second-order valence-corrected chi connectivity index (χ2v) is 7.50. The molecule has 1 aliphatic rings. The van der Waals surface area contributed by atoms with Crippen molar-refractivity contribution >= 4 is 22.5 Å². The molecule has 0 unspecified atom stereocenters. The molecule has 0 radical (unpaired) electrons. The monoisotopic (exact) mass is 414 g/mol. The number of ether oxygens (including phenoxy) is 1. The number of hydrogen-bond acceptors (Lipinski definition) is 6. The smallest absolute Gasteiger partial charge is 0.276 e. The summed E-state index contributed by atoms with van der Waals surface area (Å²) in [5, 5.41) is 10.8. The minimum absolute atomic E-state index is 0.282. The van der Waals surface area contributed by atoms with Gasteiger partial charge >= 0.3 is 0 Å². The van der Waals surface area contributed by atoms with Gasteiger partial charge in [-0.25, -0.2) is 0 Å². The van der Waals surface area contributed by atoms with Crippen molar-refractivity contribution in [3.8, 4) is 11.1 Å². The van der Waals surface area contributed by atoms with Gasteiger partial charge in [-0.15, -0.1) is 0 Å². The maximum absolute atomic E-state index is 12.8. The van der Waals surface area contributed by atoms with Crippen LogP contribution in [0.4, 0.5) is 5.69 Å². The van der Waals surface area contributed by atoms with E-state index in [1.807, 2.05) is 30.6 Å². The van der Waals surface area contributed by atoms with E-state index in [0.717, 1.165) is 60.4 Å². The van der Waals surface area contributed by atoms with Crippen molar-refractivity contribution in [1.82, 2.24) is 25.1 Å². The number of H-pyrrole nitrogens is 1. The highest BCUT2D eigenvalue weighted by Gasteiger charge is 2.16. The Kier molecular flexibility index (Phi) is 5.39. The third-order valence-electron chi connectivity index (χ3n) is 5.34. The first-order valence-corrected chi connectivity index (χ1v) is 10.2. The van der Waals surface area contributed by atoms with E-state index in [-0.39, 0.29) is 5.91 Å². The van der Waals surface area contributed by atoms with Crippen molar-refractivity contribution in [2.75, 3.05) is 31.6 Å². The maximum atomic E-state index is 12.8. The molecule has 156 valence electrons. The number of aromatic nitrogens is 4. The van der Waals surface area contributed by atoms with Crippen LogP contribution < -0.4 is 5.32 Å². The number of carbonyl (C=O) groups is 1. The summed E-state index contributed by atoms with van der Waals surface area (Å²) in [6.07, 6.45) is 7.01. The average molecular weight is 414 g/mol. The molecule has 8 nitrogen and oxygen atoms in total. The van der Waals surface area contributed by atoms with Crippen LogP contribution in [0.15, 0.2) is 61.2 Å². The van der Waals surface area contributed by atoms with Crippen LogP contribution in [-0.2, 0) is 11.3 Å². The predicted molar refractivity (Wildman–Crippen MR) is 118 cm³/mol. The van der Waals surface area contributed by atoms with Gasteiger partial charge in [0.15, 0.2) is 5.69 Å². The first-order valence-electron chi connectivity index (χ1n) is 10.2. The number of benzene rings is 1. The Balaban J connectivity index is 1.41. The summed E-state index contributed by atoms with van der Waals surface area (Å²) >= 11 is 0. The summed E-state index contributed by atoms with van der Waals surface area (Å²) in [6, 6.07) is 11.6. The zero-order valence-corrected chi connectivity index (χ0v) is 16.9. The molecule has 1 saturated heterocycles. The molecule has 1 fully saturated rings. The summed E-state index contributed by atoms with van der Waals surface area (Å²) in [5.41, 5.74) is 4.92. The van der Waals surface area contributed by atoms with Crippen molar-refractivity contribution in [2.45, 2.75) is 6.54 Å². The Hall–Kier alpha value is -3.62. The highest BCUT2D eigenvalue weighted by Crippen LogP contribution is 2.26. The molecule has 31 heavy (non-hydrogen) atoms. The van der Waals surface area contributed by atoms with Crippen molar-refractivity contribution in [2.24, 2.45) is 0 Å². The lowest BCUT2D eigenvalue weighted by atomic mass is 10.0. The van der Waals surface area contributed by atoms with Crippen LogP contribution in [0.2, 0.25) is 0 Å². The Bertz CT molecular complexity index is 1200. The largest absolute Gasteiger partial charge is 0.379 e. The molecule has 0 atom stereocenters. The van der Waals surface area contributed by atoms with Gasteiger partial charge < -0.3 is 10.1 Å². The summed E-state index contributed by atoms with van der Waals surface area (Å²) in [7, 11) is 0. The van der Waals surface area contributed by atoms with E-state index in [9.17, 15) is 4.79 Å². The van der Waals surface area contributed by atoms with E-state index in [1.165, 1.54) is 0 Å². The number of nitrogens with zero attached hydrogens (tertiary/aromatic N) is 4. The molecule has 5 rings (SSSR count). The van der Waals surface area contributed by atoms with E-state index in [4.69, 9.17) is 4.74 Å². The molecule has 1 aromatic carbocycles.